The Bertz CT molecular complexity index is 350. The molecule has 0 saturated heterocycles. The van der Waals surface area contributed by atoms with E-state index in [1.54, 1.807) is 6.26 Å². The van der Waals surface area contributed by atoms with Crippen molar-refractivity contribution in [1.82, 2.24) is 0 Å². The number of allylic oxidation sites excluding steroid dienone is 1. The lowest BCUT2D eigenvalue weighted by Crippen LogP contribution is -1.56. The Kier molecular flexibility index (Phi) is 1.32. The van der Waals surface area contributed by atoms with Crippen molar-refractivity contribution in [3.05, 3.63) is 30.2 Å². The van der Waals surface area contributed by atoms with Crippen molar-refractivity contribution in [3.63, 3.8) is 0 Å². The summed E-state index contributed by atoms with van der Waals surface area (Å²) in [5.41, 5.74) is 1.61. The zero-order valence-corrected chi connectivity index (χ0v) is 6.20. The van der Waals surface area contributed by atoms with Gasteiger partial charge in [0.1, 0.15) is 5.76 Å². The van der Waals surface area contributed by atoms with Crippen molar-refractivity contribution in [2.24, 2.45) is 0 Å². The Morgan fingerprint density at radius 3 is 3.00 bits per heavy atom. The number of furan rings is 2. The summed E-state index contributed by atoms with van der Waals surface area (Å²) in [6.45, 7) is 1.95. The lowest BCUT2D eigenvalue weighted by molar-refractivity contribution is 0.601. The van der Waals surface area contributed by atoms with Gasteiger partial charge < -0.3 is 8.83 Å². The molecule has 0 amide bonds. The van der Waals surface area contributed by atoms with E-state index in [4.69, 9.17) is 8.83 Å². The average Bonchev–Trinajstić information content (AvgIpc) is 2.46. The van der Waals surface area contributed by atoms with Crippen LogP contribution >= 0.6 is 0 Å². The number of fused-ring (bicyclic) bond motifs is 1. The maximum Gasteiger partial charge on any atom is 0.173 e. The van der Waals surface area contributed by atoms with Gasteiger partial charge in [-0.25, -0.2) is 0 Å². The van der Waals surface area contributed by atoms with Gasteiger partial charge in [0.2, 0.25) is 0 Å². The maximum atomic E-state index is 5.37. The smallest absolute Gasteiger partial charge is 0.173 e. The molecule has 0 aliphatic rings. The van der Waals surface area contributed by atoms with Crippen LogP contribution in [0.25, 0.3) is 17.2 Å². The van der Waals surface area contributed by atoms with E-state index in [1.807, 2.05) is 31.2 Å². The zero-order chi connectivity index (χ0) is 7.68. The maximum absolute atomic E-state index is 5.37. The molecule has 0 unspecified atom stereocenters. The fraction of sp³-hybridized carbons (Fsp3) is 0.111. The average molecular weight is 148 g/mol. The quantitative estimate of drug-likeness (QED) is 0.621. The Hall–Kier alpha value is -1.44. The topological polar surface area (TPSA) is 26.3 Å². The van der Waals surface area contributed by atoms with Crippen LogP contribution in [-0.4, -0.2) is 0 Å². The summed E-state index contributed by atoms with van der Waals surface area (Å²) in [4.78, 5) is 0. The summed E-state index contributed by atoms with van der Waals surface area (Å²) in [6, 6.07) is 3.68. The standard InChI is InChI=1S/C9H8O2/c1-2-3-7-6-9-8(11-7)4-5-10-9/h2-6H,1H3. The van der Waals surface area contributed by atoms with E-state index in [-0.39, 0.29) is 0 Å². The van der Waals surface area contributed by atoms with Crippen molar-refractivity contribution in [2.45, 2.75) is 6.92 Å². The molecule has 2 aromatic heterocycles. The Morgan fingerprint density at radius 2 is 2.27 bits per heavy atom. The first-order chi connectivity index (χ1) is 5.40. The van der Waals surface area contributed by atoms with Crippen LogP contribution in [0.15, 0.2) is 33.3 Å². The Balaban J connectivity index is 2.58. The molecule has 0 bridgehead atoms. The van der Waals surface area contributed by atoms with E-state index >= 15 is 0 Å². The molecule has 0 aliphatic heterocycles. The molecule has 0 saturated carbocycles. The molecule has 2 heteroatoms. The summed E-state index contributed by atoms with van der Waals surface area (Å²) < 4.78 is 10.5. The molecule has 2 heterocycles. The number of rotatable bonds is 1. The predicted molar refractivity (Wildman–Crippen MR) is 43.2 cm³/mol. The SMILES string of the molecule is CC=Cc1cc2occc2o1. The van der Waals surface area contributed by atoms with Gasteiger partial charge in [0, 0.05) is 12.1 Å². The molecule has 0 aliphatic carbocycles. The molecule has 0 N–H and O–H groups in total. The van der Waals surface area contributed by atoms with Crippen LogP contribution in [0, 0.1) is 0 Å². The van der Waals surface area contributed by atoms with Crippen molar-refractivity contribution in [2.75, 3.05) is 0 Å². The van der Waals surface area contributed by atoms with Gasteiger partial charge in [-0.2, -0.15) is 0 Å². The molecule has 0 atom stereocenters. The van der Waals surface area contributed by atoms with E-state index in [0.29, 0.717) is 0 Å². The molecule has 0 spiro atoms. The highest BCUT2D eigenvalue weighted by molar-refractivity contribution is 5.73. The third kappa shape index (κ3) is 0.963. The van der Waals surface area contributed by atoms with E-state index in [1.165, 1.54) is 0 Å². The van der Waals surface area contributed by atoms with Crippen LogP contribution < -0.4 is 0 Å². The fourth-order valence-electron chi connectivity index (χ4n) is 1.03. The summed E-state index contributed by atoms with van der Waals surface area (Å²) in [6.07, 6.45) is 5.45. The highest BCUT2D eigenvalue weighted by atomic mass is 16.4. The molecule has 2 rings (SSSR count). The van der Waals surface area contributed by atoms with Gasteiger partial charge in [-0.3, -0.25) is 0 Å². The van der Waals surface area contributed by atoms with Crippen LogP contribution in [-0.2, 0) is 0 Å². The second kappa shape index (κ2) is 2.31. The van der Waals surface area contributed by atoms with Crippen LogP contribution in [0.3, 0.4) is 0 Å². The first kappa shape index (κ1) is 6.28. The highest BCUT2D eigenvalue weighted by Crippen LogP contribution is 2.20. The first-order valence-corrected chi connectivity index (χ1v) is 3.50. The van der Waals surface area contributed by atoms with Crippen LogP contribution in [0.5, 0.6) is 0 Å². The summed E-state index contributed by atoms with van der Waals surface area (Å²) in [5, 5.41) is 0. The van der Waals surface area contributed by atoms with Crippen molar-refractivity contribution < 1.29 is 8.83 Å². The second-order valence-corrected chi connectivity index (χ2v) is 2.30. The van der Waals surface area contributed by atoms with Crippen LogP contribution in [0.2, 0.25) is 0 Å². The van der Waals surface area contributed by atoms with Gasteiger partial charge in [0.15, 0.2) is 11.2 Å². The normalized spacial score (nSPS) is 11.7. The predicted octanol–water partition coefficient (Wildman–Crippen LogP) is 3.06. The number of hydrogen-bond donors (Lipinski definition) is 0. The molecule has 0 radical (unpaired) electrons. The van der Waals surface area contributed by atoms with E-state index < -0.39 is 0 Å². The van der Waals surface area contributed by atoms with Crippen molar-refractivity contribution >= 4 is 17.2 Å². The monoisotopic (exact) mass is 148 g/mol. The zero-order valence-electron chi connectivity index (χ0n) is 6.20. The highest BCUT2D eigenvalue weighted by Gasteiger charge is 2.01. The molecule has 0 fully saturated rings. The lowest BCUT2D eigenvalue weighted by Gasteiger charge is -1.78. The van der Waals surface area contributed by atoms with Gasteiger partial charge in [-0.05, 0) is 13.0 Å². The van der Waals surface area contributed by atoms with Gasteiger partial charge in [0.25, 0.3) is 0 Å². The van der Waals surface area contributed by atoms with Gasteiger partial charge in [-0.15, -0.1) is 0 Å². The minimum Gasteiger partial charge on any atom is -0.461 e. The van der Waals surface area contributed by atoms with Crippen LogP contribution in [0.4, 0.5) is 0 Å². The Morgan fingerprint density at radius 1 is 1.36 bits per heavy atom. The second-order valence-electron chi connectivity index (χ2n) is 2.30. The van der Waals surface area contributed by atoms with Gasteiger partial charge >= 0.3 is 0 Å². The Labute approximate surface area is 64.1 Å². The largest absolute Gasteiger partial charge is 0.461 e. The molecule has 0 aromatic carbocycles. The molecule has 56 valence electrons. The summed E-state index contributed by atoms with van der Waals surface area (Å²) in [5.74, 6) is 0.835. The summed E-state index contributed by atoms with van der Waals surface area (Å²) >= 11 is 0. The van der Waals surface area contributed by atoms with Crippen molar-refractivity contribution in [3.8, 4) is 0 Å². The molecule has 2 nitrogen and oxygen atoms in total. The van der Waals surface area contributed by atoms with Crippen LogP contribution in [0.1, 0.15) is 12.7 Å². The summed E-state index contributed by atoms with van der Waals surface area (Å²) in [7, 11) is 0. The third-order valence-electron chi connectivity index (χ3n) is 1.49. The van der Waals surface area contributed by atoms with E-state index in [2.05, 4.69) is 0 Å². The number of hydrogen-bond acceptors (Lipinski definition) is 2. The molecular weight excluding hydrogens is 140 g/mol. The van der Waals surface area contributed by atoms with Crippen molar-refractivity contribution in [1.29, 1.82) is 0 Å². The van der Waals surface area contributed by atoms with E-state index in [0.717, 1.165) is 16.9 Å². The third-order valence-corrected chi connectivity index (χ3v) is 1.49. The fourth-order valence-corrected chi connectivity index (χ4v) is 1.03. The molecule has 11 heavy (non-hydrogen) atoms. The first-order valence-electron chi connectivity index (χ1n) is 3.50. The lowest BCUT2D eigenvalue weighted by atomic mass is 10.4. The van der Waals surface area contributed by atoms with Gasteiger partial charge in [-0.1, -0.05) is 6.08 Å². The van der Waals surface area contributed by atoms with E-state index in [9.17, 15) is 0 Å². The van der Waals surface area contributed by atoms with Gasteiger partial charge in [0.05, 0.1) is 6.26 Å². The molecular formula is C9H8O2. The minimum atomic E-state index is 0.804. The minimum absolute atomic E-state index is 0.804. The molecule has 2 aromatic rings.